The van der Waals surface area contributed by atoms with Gasteiger partial charge in [0.15, 0.2) is 0 Å². The third kappa shape index (κ3) is 5.28. The van der Waals surface area contributed by atoms with Crippen LogP contribution in [0.1, 0.15) is 24.0 Å². The van der Waals surface area contributed by atoms with Gasteiger partial charge in [-0.2, -0.15) is 0 Å². The number of carbonyl (C=O) groups excluding carboxylic acids is 1. The van der Waals surface area contributed by atoms with Gasteiger partial charge in [-0.25, -0.2) is 4.98 Å². The molecule has 3 rings (SSSR count). The summed E-state index contributed by atoms with van der Waals surface area (Å²) in [6.07, 6.45) is 6.87. The maximum absolute atomic E-state index is 12.5. The van der Waals surface area contributed by atoms with E-state index in [4.69, 9.17) is 0 Å². The molecule has 0 radical (unpaired) electrons. The number of anilines is 1. The van der Waals surface area contributed by atoms with E-state index in [-0.39, 0.29) is 18.4 Å². The summed E-state index contributed by atoms with van der Waals surface area (Å²) in [5.41, 5.74) is 2.07. The highest BCUT2D eigenvalue weighted by Gasteiger charge is 2.27. The van der Waals surface area contributed by atoms with Crippen LogP contribution in [-0.4, -0.2) is 46.6 Å². The largest absolute Gasteiger partial charge is 0.481 e. The number of nitrogens with one attached hydrogen (secondary N) is 1. The summed E-state index contributed by atoms with van der Waals surface area (Å²) in [7, 11) is 0. The van der Waals surface area contributed by atoms with Crippen LogP contribution in [-0.2, 0) is 16.0 Å². The minimum absolute atomic E-state index is 0.0608. The van der Waals surface area contributed by atoms with Crippen molar-refractivity contribution in [3.8, 4) is 0 Å². The summed E-state index contributed by atoms with van der Waals surface area (Å²) >= 11 is 0. The number of aromatic nitrogens is 2. The topological polar surface area (TPSA) is 95.4 Å². The number of benzene rings is 1. The van der Waals surface area contributed by atoms with E-state index in [1.54, 1.807) is 18.6 Å². The average molecular weight is 382 g/mol. The lowest BCUT2D eigenvalue weighted by atomic mass is 9.94. The second-order valence-corrected chi connectivity index (χ2v) is 7.30. The van der Waals surface area contributed by atoms with Crippen molar-refractivity contribution in [2.75, 3.05) is 24.5 Å². The highest BCUT2D eigenvalue weighted by molar-refractivity contribution is 5.80. The fourth-order valence-corrected chi connectivity index (χ4v) is 3.56. The molecule has 1 amide bonds. The van der Waals surface area contributed by atoms with Crippen LogP contribution in [0.25, 0.3) is 0 Å². The third-order valence-corrected chi connectivity index (χ3v) is 5.18. The normalized spacial score (nSPS) is 15.8. The van der Waals surface area contributed by atoms with Crippen molar-refractivity contribution in [3.63, 3.8) is 0 Å². The van der Waals surface area contributed by atoms with Crippen molar-refractivity contribution in [1.82, 2.24) is 15.3 Å². The third-order valence-electron chi connectivity index (χ3n) is 5.18. The fourth-order valence-electron chi connectivity index (χ4n) is 3.56. The molecule has 0 spiro atoms. The van der Waals surface area contributed by atoms with Gasteiger partial charge >= 0.3 is 5.97 Å². The fraction of sp³-hybridized carbons (Fsp3) is 0.429. The number of hydrogen-bond acceptors (Lipinski definition) is 5. The van der Waals surface area contributed by atoms with Gasteiger partial charge in [0.25, 0.3) is 0 Å². The van der Waals surface area contributed by atoms with Crippen molar-refractivity contribution >= 4 is 17.7 Å². The molecule has 1 aromatic carbocycles. The molecule has 2 heterocycles. The first kappa shape index (κ1) is 19.8. The minimum atomic E-state index is -0.890. The molecule has 7 heteroatoms. The van der Waals surface area contributed by atoms with Crippen molar-refractivity contribution in [2.24, 2.45) is 11.8 Å². The Balaban J connectivity index is 1.49. The second kappa shape index (κ2) is 9.30. The van der Waals surface area contributed by atoms with Crippen molar-refractivity contribution in [1.29, 1.82) is 0 Å². The Kier molecular flexibility index (Phi) is 6.57. The number of hydrogen-bond donors (Lipinski definition) is 2. The van der Waals surface area contributed by atoms with Crippen LogP contribution >= 0.6 is 0 Å². The molecule has 1 aliphatic rings. The standard InChI is InChI=1S/C21H26N4O3/c1-15-3-2-4-16(11-15)12-18(21(27)28)13-24-20(26)17-5-9-25(10-6-17)19-14-22-7-8-23-19/h2-4,7-8,11,14,17-18H,5-6,9-10,12-13H2,1H3,(H,24,26)(H,27,28). The molecule has 1 aromatic heterocycles. The first-order chi connectivity index (χ1) is 13.5. The van der Waals surface area contributed by atoms with E-state index in [1.165, 1.54) is 0 Å². The van der Waals surface area contributed by atoms with Gasteiger partial charge in [0, 0.05) is 37.9 Å². The lowest BCUT2D eigenvalue weighted by molar-refractivity contribution is -0.141. The summed E-state index contributed by atoms with van der Waals surface area (Å²) in [5.74, 6) is -0.856. The van der Waals surface area contributed by atoms with Crippen LogP contribution < -0.4 is 10.2 Å². The maximum Gasteiger partial charge on any atom is 0.308 e. The number of rotatable bonds is 7. The number of amides is 1. The zero-order valence-corrected chi connectivity index (χ0v) is 16.0. The van der Waals surface area contributed by atoms with Gasteiger partial charge in [-0.05, 0) is 31.7 Å². The number of piperidine rings is 1. The Labute approximate surface area is 164 Å². The van der Waals surface area contributed by atoms with Crippen LogP contribution in [0.4, 0.5) is 5.82 Å². The van der Waals surface area contributed by atoms with E-state index in [1.807, 2.05) is 31.2 Å². The first-order valence-electron chi connectivity index (χ1n) is 9.60. The average Bonchev–Trinajstić information content (AvgIpc) is 2.71. The zero-order chi connectivity index (χ0) is 19.9. The SMILES string of the molecule is Cc1cccc(CC(CNC(=O)C2CCN(c3cnccn3)CC2)C(=O)O)c1. The number of aliphatic carboxylic acids is 1. The van der Waals surface area contributed by atoms with Gasteiger partial charge in [0.05, 0.1) is 12.1 Å². The molecule has 2 aromatic rings. The summed E-state index contributed by atoms with van der Waals surface area (Å²) in [6, 6.07) is 7.81. The van der Waals surface area contributed by atoms with Crippen LogP contribution in [0.15, 0.2) is 42.9 Å². The number of nitrogens with zero attached hydrogens (tertiary/aromatic N) is 3. The second-order valence-electron chi connectivity index (χ2n) is 7.30. The van der Waals surface area contributed by atoms with Gasteiger partial charge in [-0.15, -0.1) is 0 Å². The molecule has 1 unspecified atom stereocenters. The predicted molar refractivity (Wildman–Crippen MR) is 106 cm³/mol. The summed E-state index contributed by atoms with van der Waals surface area (Å²) in [4.78, 5) is 34.6. The Bertz CT molecular complexity index is 804. The lowest BCUT2D eigenvalue weighted by Crippen LogP contribution is -2.43. The van der Waals surface area contributed by atoms with Crippen LogP contribution in [0.3, 0.4) is 0 Å². The van der Waals surface area contributed by atoms with E-state index < -0.39 is 11.9 Å². The maximum atomic E-state index is 12.5. The van der Waals surface area contributed by atoms with E-state index in [0.717, 1.165) is 42.9 Å². The Morgan fingerprint density at radius 2 is 2.07 bits per heavy atom. The van der Waals surface area contributed by atoms with E-state index >= 15 is 0 Å². The monoisotopic (exact) mass is 382 g/mol. The van der Waals surface area contributed by atoms with Gasteiger partial charge in [-0.1, -0.05) is 29.8 Å². The molecule has 7 nitrogen and oxygen atoms in total. The molecule has 1 fully saturated rings. The molecule has 0 bridgehead atoms. The molecule has 1 atom stereocenters. The van der Waals surface area contributed by atoms with Gasteiger partial charge in [0.1, 0.15) is 5.82 Å². The Morgan fingerprint density at radius 3 is 2.71 bits per heavy atom. The minimum Gasteiger partial charge on any atom is -0.481 e. The lowest BCUT2D eigenvalue weighted by Gasteiger charge is -2.32. The molecule has 28 heavy (non-hydrogen) atoms. The summed E-state index contributed by atoms with van der Waals surface area (Å²) in [5, 5.41) is 12.4. The predicted octanol–water partition coefficient (Wildman–Crippen LogP) is 2.06. The van der Waals surface area contributed by atoms with Crippen molar-refractivity contribution in [3.05, 3.63) is 54.0 Å². The summed E-state index contributed by atoms with van der Waals surface area (Å²) < 4.78 is 0. The molecule has 2 N–H and O–H groups in total. The number of carboxylic acids is 1. The van der Waals surface area contributed by atoms with Gasteiger partial charge < -0.3 is 15.3 Å². The molecular formula is C21H26N4O3. The molecular weight excluding hydrogens is 356 g/mol. The van der Waals surface area contributed by atoms with E-state index in [2.05, 4.69) is 20.2 Å². The van der Waals surface area contributed by atoms with Crippen LogP contribution in [0.2, 0.25) is 0 Å². The van der Waals surface area contributed by atoms with Crippen molar-refractivity contribution < 1.29 is 14.7 Å². The molecule has 148 valence electrons. The Morgan fingerprint density at radius 1 is 1.29 bits per heavy atom. The van der Waals surface area contributed by atoms with Gasteiger partial charge in [-0.3, -0.25) is 14.6 Å². The smallest absolute Gasteiger partial charge is 0.308 e. The molecule has 1 saturated heterocycles. The summed E-state index contributed by atoms with van der Waals surface area (Å²) in [6.45, 7) is 3.60. The quantitative estimate of drug-likeness (QED) is 0.761. The molecule has 0 aliphatic carbocycles. The van der Waals surface area contributed by atoms with Crippen LogP contribution in [0, 0.1) is 18.8 Å². The number of aryl methyl sites for hydroxylation is 1. The number of carboxylic acid groups (broad SMARTS) is 1. The number of carbonyl (C=O) groups is 2. The van der Waals surface area contributed by atoms with Crippen molar-refractivity contribution in [2.45, 2.75) is 26.2 Å². The van der Waals surface area contributed by atoms with Gasteiger partial charge in [0.2, 0.25) is 5.91 Å². The highest BCUT2D eigenvalue weighted by atomic mass is 16.4. The molecule has 1 aliphatic heterocycles. The van der Waals surface area contributed by atoms with Crippen LogP contribution in [0.5, 0.6) is 0 Å². The van der Waals surface area contributed by atoms with E-state index in [0.29, 0.717) is 6.42 Å². The highest BCUT2D eigenvalue weighted by Crippen LogP contribution is 2.21. The first-order valence-corrected chi connectivity index (χ1v) is 9.60. The Hall–Kier alpha value is -2.96. The molecule has 0 saturated carbocycles. The zero-order valence-electron chi connectivity index (χ0n) is 16.0. The van der Waals surface area contributed by atoms with E-state index in [9.17, 15) is 14.7 Å².